The third kappa shape index (κ3) is 2.47. The third-order valence-electron chi connectivity index (χ3n) is 4.39. The van der Waals surface area contributed by atoms with Crippen LogP contribution in [0.25, 0.3) is 11.0 Å². The molecular weight excluding hydrogens is 270 g/mol. The maximum atomic E-state index is 6.25. The van der Waals surface area contributed by atoms with Crippen molar-refractivity contribution in [3.05, 3.63) is 35.0 Å². The van der Waals surface area contributed by atoms with Crippen LogP contribution in [0.4, 0.5) is 0 Å². The molecule has 0 radical (unpaired) electrons. The van der Waals surface area contributed by atoms with E-state index in [0.29, 0.717) is 5.02 Å². The van der Waals surface area contributed by atoms with Crippen molar-refractivity contribution >= 4 is 22.6 Å². The Kier molecular flexibility index (Phi) is 4.04. The SMILES string of the molecule is CCCC1(c2cc3cccc(Cl)c3o2)CCCCCN1. The summed E-state index contributed by atoms with van der Waals surface area (Å²) in [6, 6.07) is 8.13. The summed E-state index contributed by atoms with van der Waals surface area (Å²) in [5, 5.41) is 5.56. The average molecular weight is 292 g/mol. The van der Waals surface area contributed by atoms with Gasteiger partial charge in [0, 0.05) is 5.39 Å². The molecule has 1 N–H and O–H groups in total. The Morgan fingerprint density at radius 2 is 2.20 bits per heavy atom. The number of fused-ring (bicyclic) bond motifs is 1. The Labute approximate surface area is 125 Å². The highest BCUT2D eigenvalue weighted by atomic mass is 35.5. The summed E-state index contributed by atoms with van der Waals surface area (Å²) in [5.74, 6) is 1.06. The fourth-order valence-electron chi connectivity index (χ4n) is 3.38. The summed E-state index contributed by atoms with van der Waals surface area (Å²) >= 11 is 6.25. The van der Waals surface area contributed by atoms with Gasteiger partial charge in [0.25, 0.3) is 0 Å². The van der Waals surface area contributed by atoms with Gasteiger partial charge in [0.15, 0.2) is 5.58 Å². The molecule has 3 heteroatoms. The van der Waals surface area contributed by atoms with E-state index in [1.54, 1.807) is 0 Å². The van der Waals surface area contributed by atoms with Crippen molar-refractivity contribution in [3.63, 3.8) is 0 Å². The maximum Gasteiger partial charge on any atom is 0.152 e. The van der Waals surface area contributed by atoms with E-state index < -0.39 is 0 Å². The van der Waals surface area contributed by atoms with Crippen LogP contribution in [0.3, 0.4) is 0 Å². The summed E-state index contributed by atoms with van der Waals surface area (Å²) in [6.07, 6.45) is 7.24. The zero-order valence-electron chi connectivity index (χ0n) is 12.0. The minimum atomic E-state index is -0.00635. The Balaban J connectivity index is 2.06. The number of halogens is 1. The van der Waals surface area contributed by atoms with Crippen LogP contribution in [-0.2, 0) is 5.54 Å². The van der Waals surface area contributed by atoms with Crippen molar-refractivity contribution in [2.45, 2.75) is 51.0 Å². The Bertz CT molecular complexity index is 582. The second-order valence-electron chi connectivity index (χ2n) is 5.84. The monoisotopic (exact) mass is 291 g/mol. The van der Waals surface area contributed by atoms with Crippen molar-refractivity contribution in [1.29, 1.82) is 0 Å². The molecule has 1 saturated heterocycles. The molecule has 2 aromatic rings. The van der Waals surface area contributed by atoms with Gasteiger partial charge in [-0.2, -0.15) is 0 Å². The fourth-order valence-corrected chi connectivity index (χ4v) is 3.60. The molecule has 2 heterocycles. The predicted octanol–water partition coefficient (Wildman–Crippen LogP) is 5.25. The van der Waals surface area contributed by atoms with E-state index in [4.69, 9.17) is 16.0 Å². The van der Waals surface area contributed by atoms with Gasteiger partial charge in [-0.05, 0) is 37.9 Å². The van der Waals surface area contributed by atoms with Crippen LogP contribution in [0.1, 0.15) is 51.2 Å². The minimum Gasteiger partial charge on any atom is -0.458 e. The largest absolute Gasteiger partial charge is 0.458 e. The highest BCUT2D eigenvalue weighted by Gasteiger charge is 2.35. The summed E-state index contributed by atoms with van der Waals surface area (Å²) in [5.41, 5.74) is 0.818. The van der Waals surface area contributed by atoms with E-state index in [9.17, 15) is 0 Å². The number of hydrogen-bond donors (Lipinski definition) is 1. The molecule has 0 saturated carbocycles. The Hall–Kier alpha value is -0.990. The van der Waals surface area contributed by atoms with Crippen LogP contribution in [0.5, 0.6) is 0 Å². The molecule has 1 aliphatic rings. The smallest absolute Gasteiger partial charge is 0.152 e. The van der Waals surface area contributed by atoms with E-state index in [-0.39, 0.29) is 5.54 Å². The third-order valence-corrected chi connectivity index (χ3v) is 4.69. The van der Waals surface area contributed by atoms with Crippen LogP contribution in [0.2, 0.25) is 5.02 Å². The maximum absolute atomic E-state index is 6.25. The van der Waals surface area contributed by atoms with Gasteiger partial charge >= 0.3 is 0 Å². The van der Waals surface area contributed by atoms with E-state index in [0.717, 1.165) is 42.5 Å². The molecule has 1 unspecified atom stereocenters. The molecule has 1 aliphatic heterocycles. The lowest BCUT2D eigenvalue weighted by molar-refractivity contribution is 0.248. The molecule has 0 bridgehead atoms. The number of hydrogen-bond acceptors (Lipinski definition) is 2. The number of benzene rings is 1. The summed E-state index contributed by atoms with van der Waals surface area (Å²) < 4.78 is 6.16. The first-order valence-corrected chi connectivity index (χ1v) is 8.06. The van der Waals surface area contributed by atoms with Crippen LogP contribution in [0, 0.1) is 0 Å². The Morgan fingerprint density at radius 1 is 1.30 bits per heavy atom. The molecule has 1 aromatic heterocycles. The van der Waals surface area contributed by atoms with E-state index >= 15 is 0 Å². The predicted molar refractivity (Wildman–Crippen MR) is 84.3 cm³/mol. The summed E-state index contributed by atoms with van der Waals surface area (Å²) in [4.78, 5) is 0. The van der Waals surface area contributed by atoms with Gasteiger partial charge < -0.3 is 9.73 Å². The quantitative estimate of drug-likeness (QED) is 0.836. The summed E-state index contributed by atoms with van der Waals surface area (Å²) in [7, 11) is 0. The van der Waals surface area contributed by atoms with E-state index in [1.807, 2.05) is 12.1 Å². The van der Waals surface area contributed by atoms with Crippen molar-refractivity contribution in [2.75, 3.05) is 6.54 Å². The minimum absolute atomic E-state index is 0.00635. The zero-order valence-corrected chi connectivity index (χ0v) is 12.8. The Morgan fingerprint density at radius 3 is 3.00 bits per heavy atom. The van der Waals surface area contributed by atoms with Crippen LogP contribution in [0.15, 0.2) is 28.7 Å². The lowest BCUT2D eigenvalue weighted by atomic mass is 9.86. The molecule has 1 atom stereocenters. The normalized spacial score (nSPS) is 23.9. The van der Waals surface area contributed by atoms with Gasteiger partial charge in [-0.25, -0.2) is 0 Å². The van der Waals surface area contributed by atoms with Gasteiger partial charge in [-0.1, -0.05) is 49.9 Å². The number of rotatable bonds is 3. The van der Waals surface area contributed by atoms with Crippen LogP contribution >= 0.6 is 11.6 Å². The van der Waals surface area contributed by atoms with Gasteiger partial charge in [-0.3, -0.25) is 0 Å². The molecule has 0 amide bonds. The molecule has 1 aromatic carbocycles. The molecule has 3 rings (SSSR count). The first-order chi connectivity index (χ1) is 9.75. The second kappa shape index (κ2) is 5.79. The van der Waals surface area contributed by atoms with Crippen LogP contribution in [-0.4, -0.2) is 6.54 Å². The highest BCUT2D eigenvalue weighted by molar-refractivity contribution is 6.34. The van der Waals surface area contributed by atoms with Gasteiger partial charge in [0.05, 0.1) is 10.6 Å². The molecular formula is C17H22ClNO. The summed E-state index contributed by atoms with van der Waals surface area (Å²) in [6.45, 7) is 3.31. The van der Waals surface area contributed by atoms with Crippen molar-refractivity contribution in [1.82, 2.24) is 5.32 Å². The topological polar surface area (TPSA) is 25.2 Å². The number of para-hydroxylation sites is 1. The highest BCUT2D eigenvalue weighted by Crippen LogP contribution is 2.38. The first kappa shape index (κ1) is 14.0. The molecule has 0 spiro atoms. The van der Waals surface area contributed by atoms with E-state index in [2.05, 4.69) is 24.4 Å². The average Bonchev–Trinajstić information content (AvgIpc) is 2.75. The number of nitrogens with one attached hydrogen (secondary N) is 1. The van der Waals surface area contributed by atoms with Gasteiger partial charge in [-0.15, -0.1) is 0 Å². The molecule has 2 nitrogen and oxygen atoms in total. The number of furan rings is 1. The molecule has 1 fully saturated rings. The molecule has 20 heavy (non-hydrogen) atoms. The molecule has 108 valence electrons. The lowest BCUT2D eigenvalue weighted by Gasteiger charge is -2.31. The standard InChI is InChI=1S/C17H22ClNO/c1-2-9-17(10-4-3-5-11-19-17)15-12-13-7-6-8-14(18)16(13)20-15/h6-8,12,19H,2-5,9-11H2,1H3. The van der Waals surface area contributed by atoms with Gasteiger partial charge in [0.2, 0.25) is 0 Å². The van der Waals surface area contributed by atoms with Crippen LogP contribution < -0.4 is 5.32 Å². The second-order valence-corrected chi connectivity index (χ2v) is 6.25. The molecule has 0 aliphatic carbocycles. The van der Waals surface area contributed by atoms with Crippen molar-refractivity contribution < 1.29 is 4.42 Å². The van der Waals surface area contributed by atoms with E-state index in [1.165, 1.54) is 19.3 Å². The van der Waals surface area contributed by atoms with Crippen molar-refractivity contribution in [3.8, 4) is 0 Å². The van der Waals surface area contributed by atoms with Gasteiger partial charge in [0.1, 0.15) is 5.76 Å². The lowest BCUT2D eigenvalue weighted by Crippen LogP contribution is -2.41. The zero-order chi connectivity index (χ0) is 14.0. The fraction of sp³-hybridized carbons (Fsp3) is 0.529. The first-order valence-electron chi connectivity index (χ1n) is 7.69. The van der Waals surface area contributed by atoms with Crippen molar-refractivity contribution in [2.24, 2.45) is 0 Å².